The lowest BCUT2D eigenvalue weighted by Gasteiger charge is -2.24. The summed E-state index contributed by atoms with van der Waals surface area (Å²) in [6, 6.07) is 0.204. The van der Waals surface area contributed by atoms with Gasteiger partial charge in [0.2, 0.25) is 0 Å². The van der Waals surface area contributed by atoms with Crippen LogP contribution in [0.2, 0.25) is 0 Å². The van der Waals surface area contributed by atoms with Crippen molar-refractivity contribution in [3.05, 3.63) is 0 Å². The largest absolute Gasteiger partial charge is 0.395 e. The third kappa shape index (κ3) is 2.79. The van der Waals surface area contributed by atoms with Gasteiger partial charge < -0.3 is 5.11 Å². The van der Waals surface area contributed by atoms with Gasteiger partial charge in [-0.3, -0.25) is 9.69 Å². The van der Waals surface area contributed by atoms with Gasteiger partial charge in [0, 0.05) is 12.5 Å². The predicted molar refractivity (Wildman–Crippen MR) is 56.1 cm³/mol. The van der Waals surface area contributed by atoms with Gasteiger partial charge >= 0.3 is 0 Å². The van der Waals surface area contributed by atoms with Crippen LogP contribution in [-0.4, -0.2) is 41.5 Å². The van der Waals surface area contributed by atoms with Gasteiger partial charge in [-0.05, 0) is 25.3 Å². The Morgan fingerprint density at radius 1 is 1.57 bits per heavy atom. The summed E-state index contributed by atoms with van der Waals surface area (Å²) in [5, 5.41) is 9.20. The maximum atomic E-state index is 11.4. The van der Waals surface area contributed by atoms with Gasteiger partial charge in [0.15, 0.2) is 0 Å². The SMILES string of the molecule is CCCC(=O)CN1CCC(C)C1CO. The summed E-state index contributed by atoms with van der Waals surface area (Å²) in [5.41, 5.74) is 0. The number of aliphatic hydroxyl groups is 1. The van der Waals surface area contributed by atoms with E-state index in [1.165, 1.54) is 0 Å². The van der Waals surface area contributed by atoms with Crippen LogP contribution in [0.1, 0.15) is 33.1 Å². The summed E-state index contributed by atoms with van der Waals surface area (Å²) in [4.78, 5) is 13.6. The van der Waals surface area contributed by atoms with Crippen molar-refractivity contribution in [2.45, 2.75) is 39.2 Å². The molecule has 0 radical (unpaired) electrons. The second kappa shape index (κ2) is 5.47. The highest BCUT2D eigenvalue weighted by molar-refractivity contribution is 5.80. The van der Waals surface area contributed by atoms with Crippen molar-refractivity contribution in [1.82, 2.24) is 4.90 Å². The monoisotopic (exact) mass is 199 g/mol. The van der Waals surface area contributed by atoms with Crippen LogP contribution in [0.5, 0.6) is 0 Å². The molecule has 3 nitrogen and oxygen atoms in total. The van der Waals surface area contributed by atoms with E-state index in [1.54, 1.807) is 0 Å². The first-order chi connectivity index (χ1) is 6.69. The van der Waals surface area contributed by atoms with E-state index < -0.39 is 0 Å². The van der Waals surface area contributed by atoms with Crippen LogP contribution in [0.25, 0.3) is 0 Å². The Hall–Kier alpha value is -0.410. The molecule has 0 aliphatic carbocycles. The fraction of sp³-hybridized carbons (Fsp3) is 0.909. The summed E-state index contributed by atoms with van der Waals surface area (Å²) in [7, 11) is 0. The van der Waals surface area contributed by atoms with Crippen molar-refractivity contribution in [2.75, 3.05) is 19.7 Å². The van der Waals surface area contributed by atoms with E-state index in [4.69, 9.17) is 0 Å². The van der Waals surface area contributed by atoms with Crippen LogP contribution in [-0.2, 0) is 4.79 Å². The summed E-state index contributed by atoms with van der Waals surface area (Å²) >= 11 is 0. The van der Waals surface area contributed by atoms with Crippen LogP contribution in [0.3, 0.4) is 0 Å². The molecular formula is C11H21NO2. The zero-order valence-electron chi connectivity index (χ0n) is 9.20. The smallest absolute Gasteiger partial charge is 0.146 e. The average Bonchev–Trinajstić information content (AvgIpc) is 2.47. The molecule has 1 saturated heterocycles. The molecule has 82 valence electrons. The van der Waals surface area contributed by atoms with Crippen molar-refractivity contribution in [1.29, 1.82) is 0 Å². The first-order valence-corrected chi connectivity index (χ1v) is 5.55. The molecular weight excluding hydrogens is 178 g/mol. The number of rotatable bonds is 5. The quantitative estimate of drug-likeness (QED) is 0.719. The van der Waals surface area contributed by atoms with E-state index in [0.29, 0.717) is 24.7 Å². The van der Waals surface area contributed by atoms with Gasteiger partial charge in [0.1, 0.15) is 5.78 Å². The van der Waals surface area contributed by atoms with E-state index >= 15 is 0 Å². The van der Waals surface area contributed by atoms with E-state index in [-0.39, 0.29) is 12.6 Å². The summed E-state index contributed by atoms with van der Waals surface area (Å²) in [5.74, 6) is 0.828. The standard InChI is InChI=1S/C11H21NO2/c1-3-4-10(14)7-12-6-5-9(2)11(12)8-13/h9,11,13H,3-8H2,1-2H3. The molecule has 1 aliphatic rings. The Kier molecular flexibility index (Phi) is 4.55. The number of carbonyl (C=O) groups excluding carboxylic acids is 1. The lowest BCUT2D eigenvalue weighted by atomic mass is 10.0. The fourth-order valence-corrected chi connectivity index (χ4v) is 2.16. The number of nitrogens with zero attached hydrogens (tertiary/aromatic N) is 1. The second-order valence-corrected chi connectivity index (χ2v) is 4.28. The van der Waals surface area contributed by atoms with Gasteiger partial charge in [-0.2, -0.15) is 0 Å². The third-order valence-electron chi connectivity index (χ3n) is 3.09. The highest BCUT2D eigenvalue weighted by Gasteiger charge is 2.31. The first kappa shape index (κ1) is 11.7. The van der Waals surface area contributed by atoms with E-state index in [1.807, 2.05) is 6.92 Å². The van der Waals surface area contributed by atoms with Crippen LogP contribution < -0.4 is 0 Å². The number of Topliss-reactive ketones (excluding diaryl/α,β-unsaturated/α-hetero) is 1. The lowest BCUT2D eigenvalue weighted by molar-refractivity contribution is -0.120. The number of ketones is 1. The zero-order valence-corrected chi connectivity index (χ0v) is 9.20. The Labute approximate surface area is 86.1 Å². The normalized spacial score (nSPS) is 28.2. The van der Waals surface area contributed by atoms with E-state index in [9.17, 15) is 9.90 Å². The molecule has 14 heavy (non-hydrogen) atoms. The van der Waals surface area contributed by atoms with Crippen molar-refractivity contribution in [3.63, 3.8) is 0 Å². The maximum Gasteiger partial charge on any atom is 0.146 e. The third-order valence-corrected chi connectivity index (χ3v) is 3.09. The van der Waals surface area contributed by atoms with Crippen molar-refractivity contribution in [3.8, 4) is 0 Å². The van der Waals surface area contributed by atoms with Crippen LogP contribution in [0.4, 0.5) is 0 Å². The highest BCUT2D eigenvalue weighted by Crippen LogP contribution is 2.23. The lowest BCUT2D eigenvalue weighted by Crippen LogP contribution is -2.38. The molecule has 3 heteroatoms. The van der Waals surface area contributed by atoms with Gasteiger partial charge in [-0.25, -0.2) is 0 Å². The minimum atomic E-state index is 0.181. The van der Waals surface area contributed by atoms with E-state index in [0.717, 1.165) is 19.4 Å². The maximum absolute atomic E-state index is 11.4. The van der Waals surface area contributed by atoms with Gasteiger partial charge in [0.05, 0.1) is 13.2 Å². The molecule has 1 fully saturated rings. The van der Waals surface area contributed by atoms with Crippen molar-refractivity contribution >= 4 is 5.78 Å². The molecule has 0 spiro atoms. The number of carbonyl (C=O) groups is 1. The van der Waals surface area contributed by atoms with Crippen LogP contribution in [0.15, 0.2) is 0 Å². The molecule has 0 aromatic rings. The Morgan fingerprint density at radius 3 is 2.86 bits per heavy atom. The average molecular weight is 199 g/mol. The molecule has 0 bridgehead atoms. The van der Waals surface area contributed by atoms with Crippen LogP contribution in [0, 0.1) is 5.92 Å². The minimum Gasteiger partial charge on any atom is -0.395 e. The number of hydrogen-bond donors (Lipinski definition) is 1. The molecule has 1 N–H and O–H groups in total. The predicted octanol–water partition coefficient (Wildman–Crippen LogP) is 1.06. The Bertz CT molecular complexity index is 194. The molecule has 0 amide bonds. The second-order valence-electron chi connectivity index (χ2n) is 4.28. The number of aliphatic hydroxyl groups excluding tert-OH is 1. The van der Waals surface area contributed by atoms with E-state index in [2.05, 4.69) is 11.8 Å². The Morgan fingerprint density at radius 2 is 2.29 bits per heavy atom. The molecule has 1 rings (SSSR count). The molecule has 1 heterocycles. The number of likely N-dealkylation sites (tertiary alicyclic amines) is 1. The van der Waals surface area contributed by atoms with Crippen molar-refractivity contribution < 1.29 is 9.90 Å². The van der Waals surface area contributed by atoms with Crippen LogP contribution >= 0.6 is 0 Å². The topological polar surface area (TPSA) is 40.5 Å². The summed E-state index contributed by atoms with van der Waals surface area (Å²) in [6.07, 6.45) is 2.69. The Balaban J connectivity index is 2.40. The first-order valence-electron chi connectivity index (χ1n) is 5.55. The molecule has 2 unspecified atom stereocenters. The van der Waals surface area contributed by atoms with Gasteiger partial charge in [0.25, 0.3) is 0 Å². The minimum absolute atomic E-state index is 0.181. The van der Waals surface area contributed by atoms with Gasteiger partial charge in [-0.15, -0.1) is 0 Å². The molecule has 0 saturated carbocycles. The van der Waals surface area contributed by atoms with Crippen molar-refractivity contribution in [2.24, 2.45) is 5.92 Å². The van der Waals surface area contributed by atoms with Gasteiger partial charge in [-0.1, -0.05) is 13.8 Å². The molecule has 0 aromatic heterocycles. The number of hydrogen-bond acceptors (Lipinski definition) is 3. The zero-order chi connectivity index (χ0) is 10.6. The fourth-order valence-electron chi connectivity index (χ4n) is 2.16. The highest BCUT2D eigenvalue weighted by atomic mass is 16.3. The molecule has 1 aliphatic heterocycles. The molecule has 2 atom stereocenters. The summed E-state index contributed by atoms with van der Waals surface area (Å²) in [6.45, 7) is 5.84. The molecule has 0 aromatic carbocycles. The summed E-state index contributed by atoms with van der Waals surface area (Å²) < 4.78 is 0.